The van der Waals surface area contributed by atoms with Crippen LogP contribution in [0.15, 0.2) is 54.6 Å². The Labute approximate surface area is 155 Å². The maximum Gasteiger partial charge on any atom is 0.253 e. The molecule has 1 N–H and O–H groups in total. The Hall–Kier alpha value is -2.66. The van der Waals surface area contributed by atoms with Crippen LogP contribution in [0.5, 0.6) is 0 Å². The van der Waals surface area contributed by atoms with Crippen molar-refractivity contribution < 1.29 is 9.59 Å². The van der Waals surface area contributed by atoms with E-state index < -0.39 is 0 Å². The maximum atomic E-state index is 12.4. The molecule has 0 atom stereocenters. The number of nitrogens with zero attached hydrogens (tertiary/aromatic N) is 2. The zero-order chi connectivity index (χ0) is 19.1. The maximum absolute atomic E-state index is 12.4. The van der Waals surface area contributed by atoms with Crippen LogP contribution in [-0.4, -0.2) is 48.3 Å². The third kappa shape index (κ3) is 5.70. The molecule has 0 aliphatic heterocycles. The van der Waals surface area contributed by atoms with E-state index in [0.717, 1.165) is 6.54 Å². The highest BCUT2D eigenvalue weighted by atomic mass is 16.2. The van der Waals surface area contributed by atoms with Crippen molar-refractivity contribution in [2.24, 2.45) is 0 Å². The molecule has 0 saturated heterocycles. The van der Waals surface area contributed by atoms with Crippen LogP contribution in [0.3, 0.4) is 0 Å². The first-order valence-corrected chi connectivity index (χ1v) is 8.76. The van der Waals surface area contributed by atoms with Crippen molar-refractivity contribution in [3.63, 3.8) is 0 Å². The van der Waals surface area contributed by atoms with Crippen LogP contribution in [0, 0.1) is 0 Å². The van der Waals surface area contributed by atoms with Gasteiger partial charge in [-0.3, -0.25) is 14.5 Å². The van der Waals surface area contributed by atoms with Gasteiger partial charge < -0.3 is 10.2 Å². The van der Waals surface area contributed by atoms with Crippen molar-refractivity contribution >= 4 is 17.5 Å². The minimum atomic E-state index is -0.0682. The third-order valence-corrected chi connectivity index (χ3v) is 4.13. The SMILES string of the molecule is CC(C)N(CC(=O)Nc1ccc(C(=O)N(C)C)cc1)Cc1ccccc1. The summed E-state index contributed by atoms with van der Waals surface area (Å²) in [5.74, 6) is -0.127. The zero-order valence-electron chi connectivity index (χ0n) is 15.9. The van der Waals surface area contributed by atoms with Gasteiger partial charge in [-0.15, -0.1) is 0 Å². The van der Waals surface area contributed by atoms with Gasteiger partial charge in [0, 0.05) is 37.9 Å². The second-order valence-corrected chi connectivity index (χ2v) is 6.81. The smallest absolute Gasteiger partial charge is 0.253 e. The molecule has 26 heavy (non-hydrogen) atoms. The summed E-state index contributed by atoms with van der Waals surface area (Å²) in [6.45, 7) is 5.20. The monoisotopic (exact) mass is 353 g/mol. The lowest BCUT2D eigenvalue weighted by atomic mass is 10.1. The van der Waals surface area contributed by atoms with Crippen LogP contribution < -0.4 is 5.32 Å². The fourth-order valence-corrected chi connectivity index (χ4v) is 2.58. The molecule has 0 saturated carbocycles. The molecule has 0 radical (unpaired) electrons. The van der Waals surface area contributed by atoms with Gasteiger partial charge in [0.15, 0.2) is 0 Å². The minimum Gasteiger partial charge on any atom is -0.345 e. The van der Waals surface area contributed by atoms with Crippen LogP contribution in [0.2, 0.25) is 0 Å². The van der Waals surface area contributed by atoms with Crippen LogP contribution >= 0.6 is 0 Å². The average Bonchev–Trinajstić information content (AvgIpc) is 2.62. The quantitative estimate of drug-likeness (QED) is 0.831. The number of benzene rings is 2. The predicted molar refractivity (Wildman–Crippen MR) is 105 cm³/mol. The second-order valence-electron chi connectivity index (χ2n) is 6.81. The van der Waals surface area contributed by atoms with Gasteiger partial charge in [-0.25, -0.2) is 0 Å². The molecule has 2 amide bonds. The highest BCUT2D eigenvalue weighted by molar-refractivity contribution is 5.96. The molecule has 0 fully saturated rings. The topological polar surface area (TPSA) is 52.7 Å². The van der Waals surface area contributed by atoms with E-state index in [1.807, 2.05) is 18.2 Å². The summed E-state index contributed by atoms with van der Waals surface area (Å²) in [4.78, 5) is 28.0. The first-order valence-electron chi connectivity index (χ1n) is 8.76. The van der Waals surface area contributed by atoms with Crippen LogP contribution in [-0.2, 0) is 11.3 Å². The van der Waals surface area contributed by atoms with Gasteiger partial charge in [-0.2, -0.15) is 0 Å². The van der Waals surface area contributed by atoms with Gasteiger partial charge in [0.1, 0.15) is 0 Å². The summed E-state index contributed by atoms with van der Waals surface area (Å²) in [6, 6.07) is 17.3. The molecular weight excluding hydrogens is 326 g/mol. The molecule has 2 aromatic rings. The van der Waals surface area contributed by atoms with E-state index in [1.54, 1.807) is 38.4 Å². The lowest BCUT2D eigenvalue weighted by Gasteiger charge is -2.26. The number of hydrogen-bond acceptors (Lipinski definition) is 3. The van der Waals surface area contributed by atoms with Crippen LogP contribution in [0.1, 0.15) is 29.8 Å². The Morgan fingerprint density at radius 2 is 1.58 bits per heavy atom. The molecule has 5 nitrogen and oxygen atoms in total. The van der Waals surface area contributed by atoms with E-state index in [1.165, 1.54) is 10.5 Å². The molecule has 0 aliphatic carbocycles. The van der Waals surface area contributed by atoms with E-state index in [2.05, 4.69) is 36.2 Å². The van der Waals surface area contributed by atoms with Gasteiger partial charge in [-0.1, -0.05) is 30.3 Å². The van der Waals surface area contributed by atoms with E-state index in [9.17, 15) is 9.59 Å². The molecule has 0 unspecified atom stereocenters. The summed E-state index contributed by atoms with van der Waals surface area (Å²) < 4.78 is 0. The molecule has 0 heterocycles. The fourth-order valence-electron chi connectivity index (χ4n) is 2.58. The standard InChI is InChI=1S/C21H27N3O2/c1-16(2)24(14-17-8-6-5-7-9-17)15-20(25)22-19-12-10-18(11-13-19)21(26)23(3)4/h5-13,16H,14-15H2,1-4H3,(H,22,25). The normalized spacial score (nSPS) is 10.8. The first kappa shape index (κ1) is 19.7. The van der Waals surface area contributed by atoms with Gasteiger partial charge in [0.25, 0.3) is 5.91 Å². The largest absolute Gasteiger partial charge is 0.345 e. The molecule has 5 heteroatoms. The van der Waals surface area contributed by atoms with Gasteiger partial charge >= 0.3 is 0 Å². The highest BCUT2D eigenvalue weighted by Gasteiger charge is 2.15. The molecule has 138 valence electrons. The van der Waals surface area contributed by atoms with Crippen molar-refractivity contribution in [3.05, 3.63) is 65.7 Å². The molecule has 0 spiro atoms. The Morgan fingerprint density at radius 3 is 2.12 bits per heavy atom. The molecule has 0 aromatic heterocycles. The third-order valence-electron chi connectivity index (χ3n) is 4.13. The zero-order valence-corrected chi connectivity index (χ0v) is 15.9. The lowest BCUT2D eigenvalue weighted by molar-refractivity contribution is -0.117. The van der Waals surface area contributed by atoms with E-state index >= 15 is 0 Å². The van der Waals surface area contributed by atoms with E-state index in [0.29, 0.717) is 17.8 Å². The van der Waals surface area contributed by atoms with E-state index in [-0.39, 0.29) is 17.9 Å². The number of rotatable bonds is 7. The fraction of sp³-hybridized carbons (Fsp3) is 0.333. The molecular formula is C21H27N3O2. The van der Waals surface area contributed by atoms with Crippen molar-refractivity contribution in [2.45, 2.75) is 26.4 Å². The van der Waals surface area contributed by atoms with Gasteiger partial charge in [0.2, 0.25) is 5.91 Å². The van der Waals surface area contributed by atoms with Gasteiger partial charge in [0.05, 0.1) is 6.54 Å². The summed E-state index contributed by atoms with van der Waals surface area (Å²) in [7, 11) is 3.43. The van der Waals surface area contributed by atoms with Crippen LogP contribution in [0.4, 0.5) is 5.69 Å². The number of hydrogen-bond donors (Lipinski definition) is 1. The summed E-state index contributed by atoms with van der Waals surface area (Å²) >= 11 is 0. The van der Waals surface area contributed by atoms with E-state index in [4.69, 9.17) is 0 Å². The molecule has 2 aromatic carbocycles. The predicted octanol–water partition coefficient (Wildman–Crippen LogP) is 3.24. The Morgan fingerprint density at radius 1 is 0.962 bits per heavy atom. The number of anilines is 1. The van der Waals surface area contributed by atoms with Crippen LogP contribution in [0.25, 0.3) is 0 Å². The summed E-state index contributed by atoms with van der Waals surface area (Å²) in [6.07, 6.45) is 0. The highest BCUT2D eigenvalue weighted by Crippen LogP contribution is 2.12. The lowest BCUT2D eigenvalue weighted by Crippen LogP contribution is -2.37. The minimum absolute atomic E-state index is 0.0586. The molecule has 2 rings (SSSR count). The summed E-state index contributed by atoms with van der Waals surface area (Å²) in [5, 5.41) is 2.90. The number of carbonyl (C=O) groups is 2. The average molecular weight is 353 g/mol. The Balaban J connectivity index is 1.96. The Bertz CT molecular complexity index is 725. The summed E-state index contributed by atoms with van der Waals surface area (Å²) in [5.41, 5.74) is 2.47. The first-order chi connectivity index (χ1) is 12.4. The van der Waals surface area contributed by atoms with Crippen molar-refractivity contribution in [3.8, 4) is 0 Å². The van der Waals surface area contributed by atoms with Gasteiger partial charge in [-0.05, 0) is 43.7 Å². The number of nitrogens with one attached hydrogen (secondary N) is 1. The van der Waals surface area contributed by atoms with Crippen molar-refractivity contribution in [1.82, 2.24) is 9.80 Å². The molecule has 0 aliphatic rings. The second kappa shape index (κ2) is 9.15. The van der Waals surface area contributed by atoms with Crippen molar-refractivity contribution in [1.29, 1.82) is 0 Å². The number of carbonyl (C=O) groups excluding carboxylic acids is 2. The Kier molecular flexibility index (Phi) is 6.92. The molecule has 0 bridgehead atoms. The number of amides is 2. The van der Waals surface area contributed by atoms with Crippen molar-refractivity contribution in [2.75, 3.05) is 26.0 Å².